The van der Waals surface area contributed by atoms with E-state index in [1.165, 1.54) is 5.57 Å². The first-order chi connectivity index (χ1) is 11.3. The van der Waals surface area contributed by atoms with Gasteiger partial charge in [0.25, 0.3) is 0 Å². The summed E-state index contributed by atoms with van der Waals surface area (Å²) < 4.78 is 6.09. The van der Waals surface area contributed by atoms with Crippen molar-refractivity contribution in [2.45, 2.75) is 70.2 Å². The van der Waals surface area contributed by atoms with Crippen molar-refractivity contribution in [2.24, 2.45) is 28.1 Å². The van der Waals surface area contributed by atoms with E-state index < -0.39 is 17.1 Å². The van der Waals surface area contributed by atoms with E-state index in [-0.39, 0.29) is 40.9 Å². The minimum absolute atomic E-state index is 0. The van der Waals surface area contributed by atoms with Gasteiger partial charge in [-0.15, -0.1) is 0 Å². The van der Waals surface area contributed by atoms with Crippen LogP contribution in [-0.2, 0) is 4.74 Å². The van der Waals surface area contributed by atoms with Crippen molar-refractivity contribution < 1.29 is 25.5 Å². The van der Waals surface area contributed by atoms with E-state index in [1.807, 2.05) is 0 Å². The number of allylic oxidation sites excluding steroid dienone is 1. The van der Waals surface area contributed by atoms with Gasteiger partial charge in [0, 0.05) is 16.7 Å². The highest BCUT2D eigenvalue weighted by Gasteiger charge is 2.72. The van der Waals surface area contributed by atoms with E-state index in [9.17, 15) is 15.3 Å². The molecule has 5 nitrogen and oxygen atoms in total. The quantitative estimate of drug-likeness (QED) is 0.617. The molecule has 0 radical (unpaired) electrons. The molecule has 0 aromatic rings. The van der Waals surface area contributed by atoms with Crippen LogP contribution in [0.15, 0.2) is 11.6 Å². The van der Waals surface area contributed by atoms with Crippen molar-refractivity contribution in [1.82, 2.24) is 0 Å². The van der Waals surface area contributed by atoms with E-state index in [4.69, 9.17) is 4.74 Å². The summed E-state index contributed by atoms with van der Waals surface area (Å²) in [6, 6.07) is 0. The van der Waals surface area contributed by atoms with Crippen molar-refractivity contribution in [2.75, 3.05) is 13.2 Å². The van der Waals surface area contributed by atoms with Crippen molar-refractivity contribution in [1.29, 1.82) is 0 Å². The van der Waals surface area contributed by atoms with Crippen LogP contribution in [0.1, 0.15) is 52.4 Å². The lowest BCUT2D eigenvalue weighted by Gasteiger charge is -2.64. The fourth-order valence-electron chi connectivity index (χ4n) is 7.66. The van der Waals surface area contributed by atoms with E-state index in [1.54, 1.807) is 0 Å². The van der Waals surface area contributed by atoms with Crippen LogP contribution in [0, 0.1) is 28.1 Å². The van der Waals surface area contributed by atoms with Gasteiger partial charge in [-0.25, -0.2) is 0 Å². The van der Waals surface area contributed by atoms with Gasteiger partial charge < -0.3 is 25.5 Å². The summed E-state index contributed by atoms with van der Waals surface area (Å²) >= 11 is 0. The lowest BCUT2D eigenvalue weighted by Crippen LogP contribution is -2.61. The van der Waals surface area contributed by atoms with Gasteiger partial charge >= 0.3 is 0 Å². The zero-order chi connectivity index (χ0) is 17.0. The SMILES string of the molecule is C[C@@]1(CO)[C@H](O)CC[C@@]2(C)[C@H]1CC=C1[C@H]3OC[C@@]4(O)CC[C@]12C[C@@H]34.O. The first-order valence-corrected chi connectivity index (χ1v) is 9.64. The Morgan fingerprint density at radius 1 is 1.24 bits per heavy atom. The molecule has 4 aliphatic carbocycles. The van der Waals surface area contributed by atoms with Gasteiger partial charge in [-0.1, -0.05) is 19.9 Å². The molecular formula is C20H32O5. The highest BCUT2D eigenvalue weighted by atomic mass is 16.5. The van der Waals surface area contributed by atoms with Gasteiger partial charge in [-0.2, -0.15) is 0 Å². The number of aliphatic hydroxyl groups excluding tert-OH is 2. The summed E-state index contributed by atoms with van der Waals surface area (Å²) in [5.74, 6) is 0.521. The zero-order valence-corrected chi connectivity index (χ0v) is 15.3. The molecule has 0 unspecified atom stereocenters. The highest BCUT2D eigenvalue weighted by molar-refractivity contribution is 5.39. The van der Waals surface area contributed by atoms with Gasteiger partial charge in [-0.3, -0.25) is 0 Å². The molecular weight excluding hydrogens is 320 g/mol. The summed E-state index contributed by atoms with van der Waals surface area (Å²) in [5, 5.41) is 31.8. The molecule has 1 spiro atoms. The fraction of sp³-hybridized carbons (Fsp3) is 0.900. The van der Waals surface area contributed by atoms with Crippen molar-refractivity contribution in [3.63, 3.8) is 0 Å². The average Bonchev–Trinajstić information content (AvgIpc) is 3.05. The maximum atomic E-state index is 11.0. The van der Waals surface area contributed by atoms with Gasteiger partial charge in [0.2, 0.25) is 0 Å². The Labute approximate surface area is 149 Å². The van der Waals surface area contributed by atoms with Gasteiger partial charge in [0.05, 0.1) is 31.0 Å². The minimum atomic E-state index is -0.631. The van der Waals surface area contributed by atoms with Crippen LogP contribution in [0.25, 0.3) is 0 Å². The van der Waals surface area contributed by atoms with E-state index >= 15 is 0 Å². The van der Waals surface area contributed by atoms with Crippen molar-refractivity contribution in [3.8, 4) is 0 Å². The lowest BCUT2D eigenvalue weighted by molar-refractivity contribution is -0.182. The molecule has 2 bridgehead atoms. The minimum Gasteiger partial charge on any atom is -0.412 e. The van der Waals surface area contributed by atoms with E-state index in [2.05, 4.69) is 19.9 Å². The second-order valence-corrected chi connectivity index (χ2v) is 9.81. The Kier molecular flexibility index (Phi) is 3.64. The third-order valence-corrected chi connectivity index (χ3v) is 9.25. The number of fused-ring (bicyclic) bond motifs is 2. The van der Waals surface area contributed by atoms with Crippen LogP contribution in [0.4, 0.5) is 0 Å². The van der Waals surface area contributed by atoms with Crippen LogP contribution in [0.5, 0.6) is 0 Å². The number of aliphatic hydroxyl groups is 3. The predicted octanol–water partition coefficient (Wildman–Crippen LogP) is 1.20. The Morgan fingerprint density at radius 2 is 2.00 bits per heavy atom. The Balaban J connectivity index is 0.00000157. The van der Waals surface area contributed by atoms with Crippen LogP contribution in [-0.4, -0.2) is 51.8 Å². The number of ether oxygens (including phenoxy) is 1. The molecule has 3 saturated carbocycles. The van der Waals surface area contributed by atoms with E-state index in [0.29, 0.717) is 6.61 Å². The maximum absolute atomic E-state index is 11.0. The summed E-state index contributed by atoms with van der Waals surface area (Å²) in [6.07, 6.45) is 7.58. The maximum Gasteiger partial charge on any atom is 0.0937 e. The standard InChI is InChI=1S/C20H30O4.H2O/c1-17(10-21)14-4-3-12-16-13-9-19(12,7-8-20(13,23)11-24-16)18(14,2)6-5-15(17)22;/h3,13-16,21-23H,4-11H2,1-2H3;1H2/t13-,14-,15+,16+,17-,18-,19-,20-;/m0./s1. The first kappa shape index (κ1) is 17.9. The lowest BCUT2D eigenvalue weighted by atomic mass is 9.41. The number of hydrogen-bond donors (Lipinski definition) is 3. The molecule has 0 aromatic carbocycles. The molecule has 5 N–H and O–H groups in total. The normalized spacial score (nSPS) is 58.8. The van der Waals surface area contributed by atoms with Crippen LogP contribution < -0.4 is 0 Å². The molecule has 1 saturated heterocycles. The molecule has 5 rings (SSSR count). The summed E-state index contributed by atoms with van der Waals surface area (Å²) in [5.41, 5.74) is 0.540. The van der Waals surface area contributed by atoms with Crippen LogP contribution in [0.3, 0.4) is 0 Å². The molecule has 5 heteroatoms. The van der Waals surface area contributed by atoms with Crippen LogP contribution in [0.2, 0.25) is 0 Å². The molecule has 1 heterocycles. The highest BCUT2D eigenvalue weighted by Crippen LogP contribution is 2.75. The van der Waals surface area contributed by atoms with Crippen molar-refractivity contribution >= 4 is 0 Å². The van der Waals surface area contributed by atoms with Gasteiger partial charge in [0.1, 0.15) is 0 Å². The molecule has 1 aliphatic heterocycles. The van der Waals surface area contributed by atoms with Gasteiger partial charge in [-0.05, 0) is 55.4 Å². The molecule has 0 amide bonds. The third-order valence-electron chi connectivity index (χ3n) is 9.25. The van der Waals surface area contributed by atoms with Crippen molar-refractivity contribution in [3.05, 3.63) is 11.6 Å². The Hall–Kier alpha value is -0.460. The molecule has 142 valence electrons. The number of hydrogen-bond acceptors (Lipinski definition) is 4. The summed E-state index contributed by atoms with van der Waals surface area (Å²) in [7, 11) is 0. The average molecular weight is 352 g/mol. The monoisotopic (exact) mass is 352 g/mol. The second kappa shape index (κ2) is 5.08. The largest absolute Gasteiger partial charge is 0.412 e. The summed E-state index contributed by atoms with van der Waals surface area (Å²) in [6.45, 7) is 5.00. The second-order valence-electron chi connectivity index (χ2n) is 9.81. The predicted molar refractivity (Wildman–Crippen MR) is 92.8 cm³/mol. The molecule has 25 heavy (non-hydrogen) atoms. The molecule has 8 atom stereocenters. The van der Waals surface area contributed by atoms with Crippen LogP contribution >= 0.6 is 0 Å². The Morgan fingerprint density at radius 3 is 2.72 bits per heavy atom. The third kappa shape index (κ3) is 1.77. The smallest absolute Gasteiger partial charge is 0.0937 e. The first-order valence-electron chi connectivity index (χ1n) is 9.64. The van der Waals surface area contributed by atoms with Gasteiger partial charge in [0.15, 0.2) is 0 Å². The fourth-order valence-corrected chi connectivity index (χ4v) is 7.66. The zero-order valence-electron chi connectivity index (χ0n) is 15.3. The topological polar surface area (TPSA) is 101 Å². The molecule has 5 aliphatic rings. The number of rotatable bonds is 1. The van der Waals surface area contributed by atoms with E-state index in [0.717, 1.165) is 38.5 Å². The summed E-state index contributed by atoms with van der Waals surface area (Å²) in [4.78, 5) is 0. The molecule has 0 aromatic heterocycles. The molecule has 4 fully saturated rings. The Bertz CT molecular complexity index is 619.